The highest BCUT2D eigenvalue weighted by Crippen LogP contribution is 2.34. The van der Waals surface area contributed by atoms with Crippen LogP contribution in [0.4, 0.5) is 0 Å². The van der Waals surface area contributed by atoms with Crippen molar-refractivity contribution in [1.29, 1.82) is 0 Å². The Labute approximate surface area is 178 Å². The first-order chi connectivity index (χ1) is 14.0. The standard InChI is InChI=1S/C21H23N3O3S2/c1-14-15(2)29-21-19(14)20(22-13-23-21)28-12-17(25)24(10-9-18(26)27-3)11-16-7-5-4-6-8-16/h4-8,13H,9-12H2,1-3H3. The van der Waals surface area contributed by atoms with E-state index in [1.807, 2.05) is 30.3 Å². The maximum atomic E-state index is 13.0. The van der Waals surface area contributed by atoms with Gasteiger partial charge < -0.3 is 9.64 Å². The lowest BCUT2D eigenvalue weighted by atomic mass is 10.2. The zero-order valence-electron chi connectivity index (χ0n) is 16.7. The van der Waals surface area contributed by atoms with Crippen LogP contribution in [-0.4, -0.2) is 46.2 Å². The molecule has 0 N–H and O–H groups in total. The summed E-state index contributed by atoms with van der Waals surface area (Å²) in [5.41, 5.74) is 2.18. The van der Waals surface area contributed by atoms with Crippen molar-refractivity contribution >= 4 is 45.2 Å². The van der Waals surface area contributed by atoms with Gasteiger partial charge in [-0.2, -0.15) is 0 Å². The van der Waals surface area contributed by atoms with E-state index in [0.717, 1.165) is 26.4 Å². The minimum absolute atomic E-state index is 0.0425. The third-order valence-corrected chi connectivity index (χ3v) is 6.73. The Balaban J connectivity index is 1.73. The topological polar surface area (TPSA) is 72.4 Å². The first kappa shape index (κ1) is 21.3. The second-order valence-corrected chi connectivity index (χ2v) is 8.73. The summed E-state index contributed by atoms with van der Waals surface area (Å²) in [5.74, 6) is -0.126. The molecular weight excluding hydrogens is 406 g/mol. The smallest absolute Gasteiger partial charge is 0.307 e. The van der Waals surface area contributed by atoms with E-state index in [1.165, 1.54) is 23.7 Å². The number of thioether (sulfide) groups is 1. The molecule has 0 aliphatic heterocycles. The van der Waals surface area contributed by atoms with Gasteiger partial charge in [0.25, 0.3) is 0 Å². The second kappa shape index (κ2) is 9.84. The van der Waals surface area contributed by atoms with Crippen LogP contribution in [-0.2, 0) is 20.9 Å². The van der Waals surface area contributed by atoms with E-state index >= 15 is 0 Å². The number of benzene rings is 1. The highest BCUT2D eigenvalue weighted by Gasteiger charge is 2.18. The number of amides is 1. The summed E-state index contributed by atoms with van der Waals surface area (Å²) in [6.45, 7) is 4.89. The molecule has 152 valence electrons. The first-order valence-corrected chi connectivity index (χ1v) is 11.0. The highest BCUT2D eigenvalue weighted by atomic mass is 32.2. The van der Waals surface area contributed by atoms with Crippen molar-refractivity contribution in [3.8, 4) is 0 Å². The van der Waals surface area contributed by atoms with Gasteiger partial charge in [0.15, 0.2) is 0 Å². The SMILES string of the molecule is COC(=O)CCN(Cc1ccccc1)C(=O)CSc1ncnc2sc(C)c(C)c12. The normalized spacial score (nSPS) is 10.9. The van der Waals surface area contributed by atoms with E-state index < -0.39 is 0 Å². The molecule has 0 fully saturated rings. The van der Waals surface area contributed by atoms with Crippen molar-refractivity contribution in [3.63, 3.8) is 0 Å². The number of methoxy groups -OCH3 is 1. The monoisotopic (exact) mass is 429 g/mol. The van der Waals surface area contributed by atoms with Crippen molar-refractivity contribution in [3.05, 3.63) is 52.7 Å². The maximum absolute atomic E-state index is 13.0. The Morgan fingerprint density at radius 2 is 1.93 bits per heavy atom. The summed E-state index contributed by atoms with van der Waals surface area (Å²) in [7, 11) is 1.35. The molecule has 2 aromatic heterocycles. The predicted molar refractivity (Wildman–Crippen MR) is 116 cm³/mol. The van der Waals surface area contributed by atoms with Crippen molar-refractivity contribution in [2.75, 3.05) is 19.4 Å². The fourth-order valence-electron chi connectivity index (χ4n) is 2.90. The number of esters is 1. The molecule has 0 radical (unpaired) electrons. The predicted octanol–water partition coefficient (Wildman–Crippen LogP) is 3.99. The molecule has 0 atom stereocenters. The maximum Gasteiger partial charge on any atom is 0.307 e. The zero-order chi connectivity index (χ0) is 20.8. The number of nitrogens with zero attached hydrogens (tertiary/aromatic N) is 3. The van der Waals surface area contributed by atoms with Gasteiger partial charge in [-0.25, -0.2) is 9.97 Å². The van der Waals surface area contributed by atoms with Crippen LogP contribution in [0.25, 0.3) is 10.2 Å². The van der Waals surface area contributed by atoms with E-state index in [2.05, 4.69) is 23.8 Å². The molecule has 8 heteroatoms. The Morgan fingerprint density at radius 1 is 1.17 bits per heavy atom. The van der Waals surface area contributed by atoms with Gasteiger partial charge in [0.2, 0.25) is 5.91 Å². The van der Waals surface area contributed by atoms with Crippen LogP contribution < -0.4 is 0 Å². The number of carbonyl (C=O) groups is 2. The lowest BCUT2D eigenvalue weighted by Gasteiger charge is -2.22. The fraction of sp³-hybridized carbons (Fsp3) is 0.333. The molecule has 0 saturated heterocycles. The molecule has 3 rings (SSSR count). The van der Waals surface area contributed by atoms with Crippen molar-refractivity contribution in [2.24, 2.45) is 0 Å². The number of hydrogen-bond donors (Lipinski definition) is 0. The van der Waals surface area contributed by atoms with Crippen molar-refractivity contribution < 1.29 is 14.3 Å². The third kappa shape index (κ3) is 5.33. The summed E-state index contributed by atoms with van der Waals surface area (Å²) >= 11 is 3.05. The van der Waals surface area contributed by atoms with E-state index in [0.29, 0.717) is 13.1 Å². The number of fused-ring (bicyclic) bond motifs is 1. The van der Waals surface area contributed by atoms with Crippen molar-refractivity contribution in [1.82, 2.24) is 14.9 Å². The van der Waals surface area contributed by atoms with E-state index in [1.54, 1.807) is 22.6 Å². The minimum Gasteiger partial charge on any atom is -0.469 e. The summed E-state index contributed by atoms with van der Waals surface area (Å²) in [4.78, 5) is 37.1. The van der Waals surface area contributed by atoms with Gasteiger partial charge in [0.1, 0.15) is 16.2 Å². The van der Waals surface area contributed by atoms with Gasteiger partial charge in [0, 0.05) is 23.4 Å². The van der Waals surface area contributed by atoms with Gasteiger partial charge >= 0.3 is 5.97 Å². The summed E-state index contributed by atoms with van der Waals surface area (Å²) < 4.78 is 4.73. The van der Waals surface area contributed by atoms with Gasteiger partial charge in [-0.05, 0) is 25.0 Å². The second-order valence-electron chi connectivity index (χ2n) is 6.56. The van der Waals surface area contributed by atoms with Crippen LogP contribution in [0.3, 0.4) is 0 Å². The van der Waals surface area contributed by atoms with Crippen LogP contribution in [0.1, 0.15) is 22.4 Å². The lowest BCUT2D eigenvalue weighted by Crippen LogP contribution is -2.34. The highest BCUT2D eigenvalue weighted by molar-refractivity contribution is 8.00. The molecule has 0 bridgehead atoms. The molecule has 0 spiro atoms. The molecule has 1 aromatic carbocycles. The zero-order valence-corrected chi connectivity index (χ0v) is 18.3. The van der Waals surface area contributed by atoms with Gasteiger partial charge in [-0.3, -0.25) is 9.59 Å². The fourth-order valence-corrected chi connectivity index (χ4v) is 4.92. The van der Waals surface area contributed by atoms with Gasteiger partial charge in [-0.15, -0.1) is 11.3 Å². The molecular formula is C21H23N3O3S2. The summed E-state index contributed by atoms with van der Waals surface area (Å²) in [6, 6.07) is 9.75. The molecule has 2 heterocycles. The summed E-state index contributed by atoms with van der Waals surface area (Å²) in [6.07, 6.45) is 1.71. The number of ether oxygens (including phenoxy) is 1. The number of hydrogen-bond acceptors (Lipinski definition) is 7. The number of thiophene rings is 1. The van der Waals surface area contributed by atoms with Gasteiger partial charge in [0.05, 0.1) is 19.3 Å². The number of carbonyl (C=O) groups excluding carboxylic acids is 2. The van der Waals surface area contributed by atoms with Crippen LogP contribution in [0.5, 0.6) is 0 Å². The van der Waals surface area contributed by atoms with Crippen LogP contribution in [0.15, 0.2) is 41.7 Å². The molecule has 0 aliphatic rings. The largest absolute Gasteiger partial charge is 0.469 e. The minimum atomic E-state index is -0.328. The molecule has 1 amide bonds. The van der Waals surface area contributed by atoms with E-state index in [9.17, 15) is 9.59 Å². The molecule has 0 saturated carbocycles. The average Bonchev–Trinajstić information content (AvgIpc) is 3.04. The van der Waals surface area contributed by atoms with E-state index in [-0.39, 0.29) is 24.1 Å². The lowest BCUT2D eigenvalue weighted by molar-refractivity contribution is -0.141. The van der Waals surface area contributed by atoms with Gasteiger partial charge in [-0.1, -0.05) is 42.1 Å². The Hall–Kier alpha value is -2.45. The Bertz CT molecular complexity index is 1010. The Kier molecular flexibility index (Phi) is 7.22. The molecule has 0 unspecified atom stereocenters. The van der Waals surface area contributed by atoms with Crippen molar-refractivity contribution in [2.45, 2.75) is 31.8 Å². The van der Waals surface area contributed by atoms with Crippen LogP contribution in [0.2, 0.25) is 0 Å². The average molecular weight is 430 g/mol. The van der Waals surface area contributed by atoms with Crippen LogP contribution in [0, 0.1) is 13.8 Å². The molecule has 29 heavy (non-hydrogen) atoms. The Morgan fingerprint density at radius 3 is 2.66 bits per heavy atom. The van der Waals surface area contributed by atoms with E-state index in [4.69, 9.17) is 4.74 Å². The molecule has 3 aromatic rings. The summed E-state index contributed by atoms with van der Waals surface area (Å²) in [5, 5.41) is 1.84. The molecule has 0 aliphatic carbocycles. The number of rotatable bonds is 8. The number of aromatic nitrogens is 2. The quantitative estimate of drug-likeness (QED) is 0.306. The molecule has 6 nitrogen and oxygen atoms in total. The first-order valence-electron chi connectivity index (χ1n) is 9.21. The third-order valence-electron chi connectivity index (χ3n) is 4.65. The van der Waals surface area contributed by atoms with Crippen LogP contribution >= 0.6 is 23.1 Å². The number of aryl methyl sites for hydroxylation is 2.